The molecule has 0 aliphatic carbocycles. The number of carbonyl (C=O) groups excluding carboxylic acids is 1. The van der Waals surface area contributed by atoms with Gasteiger partial charge in [-0.1, -0.05) is 6.92 Å². The smallest absolute Gasteiger partial charge is 0.270 e. The van der Waals surface area contributed by atoms with Crippen LogP contribution in [0.15, 0.2) is 12.4 Å². The number of methoxy groups -OCH3 is 1. The molecule has 0 spiro atoms. The molecule has 0 saturated carbocycles. The molecule has 110 valence electrons. The van der Waals surface area contributed by atoms with Crippen LogP contribution in [0.25, 0.3) is 0 Å². The topological polar surface area (TPSA) is 67.3 Å². The second-order valence-electron chi connectivity index (χ2n) is 5.74. The minimum absolute atomic E-state index is 0.166. The van der Waals surface area contributed by atoms with Gasteiger partial charge in [0, 0.05) is 12.6 Å². The van der Waals surface area contributed by atoms with E-state index < -0.39 is 0 Å². The van der Waals surface area contributed by atoms with Crippen LogP contribution in [0.2, 0.25) is 0 Å². The molecule has 0 unspecified atom stereocenters. The highest BCUT2D eigenvalue weighted by molar-refractivity contribution is 5.92. The van der Waals surface area contributed by atoms with E-state index in [-0.39, 0.29) is 11.3 Å². The van der Waals surface area contributed by atoms with Gasteiger partial charge in [-0.3, -0.25) is 4.79 Å². The van der Waals surface area contributed by atoms with Crippen molar-refractivity contribution in [2.24, 2.45) is 5.41 Å². The number of rotatable bonds is 4. The lowest BCUT2D eigenvalue weighted by atomic mass is 9.80. The van der Waals surface area contributed by atoms with Gasteiger partial charge in [-0.25, -0.2) is 9.97 Å². The maximum atomic E-state index is 12.1. The third-order valence-electron chi connectivity index (χ3n) is 3.95. The minimum atomic E-state index is -0.175. The van der Waals surface area contributed by atoms with E-state index in [1.165, 1.54) is 13.4 Å². The van der Waals surface area contributed by atoms with Crippen LogP contribution in [0, 0.1) is 5.41 Å². The van der Waals surface area contributed by atoms with Gasteiger partial charge in [0.05, 0.1) is 7.11 Å². The van der Waals surface area contributed by atoms with Crippen molar-refractivity contribution in [3.8, 4) is 5.88 Å². The maximum Gasteiger partial charge on any atom is 0.270 e. The van der Waals surface area contributed by atoms with Crippen molar-refractivity contribution < 1.29 is 9.53 Å². The van der Waals surface area contributed by atoms with E-state index in [2.05, 4.69) is 34.2 Å². The first kappa shape index (κ1) is 14.7. The number of nitrogens with one attached hydrogen (secondary N) is 1. The Balaban J connectivity index is 1.91. The largest absolute Gasteiger partial charge is 0.481 e. The van der Waals surface area contributed by atoms with Crippen molar-refractivity contribution in [1.29, 1.82) is 0 Å². The second-order valence-corrected chi connectivity index (χ2v) is 5.74. The predicted molar refractivity (Wildman–Crippen MR) is 75.8 cm³/mol. The first-order valence-electron chi connectivity index (χ1n) is 6.85. The molecule has 2 heterocycles. The maximum absolute atomic E-state index is 12.1. The van der Waals surface area contributed by atoms with Crippen molar-refractivity contribution >= 4 is 5.91 Å². The summed E-state index contributed by atoms with van der Waals surface area (Å²) in [5.74, 6) is 0.224. The standard InChI is InChI=1S/C14H22N4O2/c1-14(4-6-18(2)7-5-14)9-15-13(19)11-8-12(20-3)17-10-16-11/h8,10H,4-7,9H2,1-3H3,(H,15,19). The lowest BCUT2D eigenvalue weighted by Gasteiger charge is -2.37. The van der Waals surface area contributed by atoms with Crippen LogP contribution in [0.1, 0.15) is 30.3 Å². The van der Waals surface area contributed by atoms with Gasteiger partial charge in [0.15, 0.2) is 0 Å². The summed E-state index contributed by atoms with van der Waals surface area (Å²) in [4.78, 5) is 22.3. The summed E-state index contributed by atoms with van der Waals surface area (Å²) < 4.78 is 4.99. The minimum Gasteiger partial charge on any atom is -0.481 e. The second kappa shape index (κ2) is 6.17. The molecule has 1 aliphatic rings. The van der Waals surface area contributed by atoms with Crippen LogP contribution in [-0.2, 0) is 0 Å². The molecule has 1 aromatic rings. The van der Waals surface area contributed by atoms with Crippen LogP contribution in [0.4, 0.5) is 0 Å². The van der Waals surface area contributed by atoms with E-state index in [9.17, 15) is 4.79 Å². The lowest BCUT2D eigenvalue weighted by molar-refractivity contribution is 0.0886. The number of piperidine rings is 1. The van der Waals surface area contributed by atoms with E-state index in [1.807, 2.05) is 0 Å². The van der Waals surface area contributed by atoms with Crippen LogP contribution < -0.4 is 10.1 Å². The van der Waals surface area contributed by atoms with Crippen LogP contribution in [-0.4, -0.2) is 54.6 Å². The fourth-order valence-corrected chi connectivity index (χ4v) is 2.29. The molecule has 1 amide bonds. The Hall–Kier alpha value is -1.69. The van der Waals surface area contributed by atoms with E-state index in [0.29, 0.717) is 18.1 Å². The van der Waals surface area contributed by atoms with Gasteiger partial charge in [-0.15, -0.1) is 0 Å². The summed E-state index contributed by atoms with van der Waals surface area (Å²) in [6.07, 6.45) is 3.53. The van der Waals surface area contributed by atoms with E-state index in [4.69, 9.17) is 4.74 Å². The summed E-state index contributed by atoms with van der Waals surface area (Å²) in [5, 5.41) is 2.97. The number of amides is 1. The van der Waals surface area contributed by atoms with Crippen molar-refractivity contribution in [3.63, 3.8) is 0 Å². The first-order valence-corrected chi connectivity index (χ1v) is 6.85. The molecule has 6 nitrogen and oxygen atoms in total. The SMILES string of the molecule is COc1cc(C(=O)NCC2(C)CCN(C)CC2)ncn1. The van der Waals surface area contributed by atoms with Gasteiger partial charge < -0.3 is 15.0 Å². The average molecular weight is 278 g/mol. The highest BCUT2D eigenvalue weighted by Gasteiger charge is 2.29. The van der Waals surface area contributed by atoms with Crippen molar-refractivity contribution in [2.75, 3.05) is 33.8 Å². The van der Waals surface area contributed by atoms with Gasteiger partial charge in [0.1, 0.15) is 12.0 Å². The van der Waals surface area contributed by atoms with E-state index >= 15 is 0 Å². The van der Waals surface area contributed by atoms with Crippen molar-refractivity contribution in [1.82, 2.24) is 20.2 Å². The van der Waals surface area contributed by atoms with Gasteiger partial charge in [0.25, 0.3) is 5.91 Å². The fraction of sp³-hybridized carbons (Fsp3) is 0.643. The Morgan fingerprint density at radius 3 is 2.80 bits per heavy atom. The van der Waals surface area contributed by atoms with Gasteiger partial charge in [-0.2, -0.15) is 0 Å². The molecule has 1 aliphatic heterocycles. The molecule has 0 radical (unpaired) electrons. The van der Waals surface area contributed by atoms with E-state index in [1.54, 1.807) is 6.07 Å². The zero-order valence-electron chi connectivity index (χ0n) is 12.3. The van der Waals surface area contributed by atoms with Gasteiger partial charge in [-0.05, 0) is 38.4 Å². The Labute approximate surface area is 119 Å². The van der Waals surface area contributed by atoms with Gasteiger partial charge >= 0.3 is 0 Å². The number of likely N-dealkylation sites (tertiary alicyclic amines) is 1. The summed E-state index contributed by atoms with van der Waals surface area (Å²) in [6, 6.07) is 1.55. The monoisotopic (exact) mass is 278 g/mol. The van der Waals surface area contributed by atoms with Crippen LogP contribution in [0.3, 0.4) is 0 Å². The highest BCUT2D eigenvalue weighted by atomic mass is 16.5. The number of ether oxygens (including phenoxy) is 1. The third-order valence-corrected chi connectivity index (χ3v) is 3.95. The quantitative estimate of drug-likeness (QED) is 0.888. The normalized spacial score (nSPS) is 18.6. The molecule has 2 rings (SSSR count). The number of aromatic nitrogens is 2. The third kappa shape index (κ3) is 3.66. The average Bonchev–Trinajstić information content (AvgIpc) is 2.48. The first-order chi connectivity index (χ1) is 9.52. The Kier molecular flexibility index (Phi) is 4.54. The summed E-state index contributed by atoms with van der Waals surface area (Å²) in [5.41, 5.74) is 0.507. The number of hydrogen-bond donors (Lipinski definition) is 1. The fourth-order valence-electron chi connectivity index (χ4n) is 2.29. The number of carbonyl (C=O) groups is 1. The molecule has 0 aromatic carbocycles. The molecule has 6 heteroatoms. The molecule has 1 saturated heterocycles. The number of nitrogens with zero attached hydrogens (tertiary/aromatic N) is 3. The molecular formula is C14H22N4O2. The predicted octanol–water partition coefficient (Wildman–Crippen LogP) is 0.947. The zero-order valence-corrected chi connectivity index (χ0v) is 12.3. The Bertz CT molecular complexity index is 470. The molecule has 1 N–H and O–H groups in total. The summed E-state index contributed by atoms with van der Waals surface area (Å²) >= 11 is 0. The van der Waals surface area contributed by atoms with Crippen molar-refractivity contribution in [3.05, 3.63) is 18.1 Å². The molecular weight excluding hydrogens is 256 g/mol. The molecule has 1 aromatic heterocycles. The summed E-state index contributed by atoms with van der Waals surface area (Å²) in [6.45, 7) is 5.05. The Morgan fingerprint density at radius 1 is 1.45 bits per heavy atom. The van der Waals surface area contributed by atoms with Gasteiger partial charge in [0.2, 0.25) is 5.88 Å². The summed E-state index contributed by atoms with van der Waals surface area (Å²) in [7, 11) is 3.65. The number of hydrogen-bond acceptors (Lipinski definition) is 5. The van der Waals surface area contributed by atoms with Crippen LogP contribution >= 0.6 is 0 Å². The highest BCUT2D eigenvalue weighted by Crippen LogP contribution is 2.29. The Morgan fingerprint density at radius 2 is 2.15 bits per heavy atom. The van der Waals surface area contributed by atoms with Crippen molar-refractivity contribution in [2.45, 2.75) is 19.8 Å². The van der Waals surface area contributed by atoms with E-state index in [0.717, 1.165) is 25.9 Å². The molecule has 20 heavy (non-hydrogen) atoms. The molecule has 0 bridgehead atoms. The lowest BCUT2D eigenvalue weighted by Crippen LogP contribution is -2.43. The molecule has 1 fully saturated rings. The molecule has 0 atom stereocenters. The van der Waals surface area contributed by atoms with Crippen LogP contribution in [0.5, 0.6) is 5.88 Å². The zero-order chi connectivity index (χ0) is 14.6.